The summed E-state index contributed by atoms with van der Waals surface area (Å²) in [4.78, 5) is 30.4. The second-order valence-corrected chi connectivity index (χ2v) is 7.70. The molecule has 1 heterocycles. The Labute approximate surface area is 188 Å². The summed E-state index contributed by atoms with van der Waals surface area (Å²) in [6, 6.07) is 19.2. The van der Waals surface area contributed by atoms with Crippen molar-refractivity contribution >= 4 is 40.0 Å². The van der Waals surface area contributed by atoms with Gasteiger partial charge in [0.15, 0.2) is 12.4 Å². The number of nitrogens with one attached hydrogen (secondary N) is 1. The van der Waals surface area contributed by atoms with Crippen molar-refractivity contribution in [1.29, 1.82) is 0 Å². The van der Waals surface area contributed by atoms with Crippen LogP contribution in [0.3, 0.4) is 0 Å². The Morgan fingerprint density at radius 2 is 1.87 bits per heavy atom. The fraction of sp³-hybridized carbons (Fsp3) is 0.0870. The molecule has 0 atom stereocenters. The van der Waals surface area contributed by atoms with Gasteiger partial charge < -0.3 is 4.74 Å². The molecule has 0 fully saturated rings. The van der Waals surface area contributed by atoms with E-state index in [4.69, 9.17) is 27.9 Å². The van der Waals surface area contributed by atoms with Gasteiger partial charge in [-0.3, -0.25) is 15.0 Å². The van der Waals surface area contributed by atoms with E-state index in [1.165, 1.54) is 6.07 Å². The van der Waals surface area contributed by atoms with E-state index in [-0.39, 0.29) is 17.2 Å². The highest BCUT2D eigenvalue weighted by atomic mass is 35.5. The minimum absolute atomic E-state index is 0.283. The Morgan fingerprint density at radius 3 is 2.65 bits per heavy atom. The van der Waals surface area contributed by atoms with Crippen LogP contribution < -0.4 is 15.7 Å². The number of carbonyl (C=O) groups excluding carboxylic acids is 1. The van der Waals surface area contributed by atoms with Crippen LogP contribution >= 0.6 is 23.2 Å². The first-order valence-corrected chi connectivity index (χ1v) is 10.1. The topological polar surface area (TPSA) is 73.2 Å². The van der Waals surface area contributed by atoms with E-state index in [1.807, 2.05) is 31.2 Å². The third kappa shape index (κ3) is 4.55. The maximum atomic E-state index is 13.1. The number of hydrogen-bond acceptors (Lipinski definition) is 4. The predicted molar refractivity (Wildman–Crippen MR) is 123 cm³/mol. The fourth-order valence-electron chi connectivity index (χ4n) is 3.11. The zero-order valence-corrected chi connectivity index (χ0v) is 17.9. The molecule has 0 unspecified atom stereocenters. The average molecular weight is 454 g/mol. The summed E-state index contributed by atoms with van der Waals surface area (Å²) in [5.41, 5.74) is 4.45. The highest BCUT2D eigenvalue weighted by Gasteiger charge is 2.16. The molecule has 3 aromatic carbocycles. The number of nitrogens with zero attached hydrogens (tertiary/aromatic N) is 2. The van der Waals surface area contributed by atoms with Gasteiger partial charge in [-0.25, -0.2) is 4.98 Å². The van der Waals surface area contributed by atoms with Gasteiger partial charge in [0.2, 0.25) is 0 Å². The average Bonchev–Trinajstić information content (AvgIpc) is 2.75. The van der Waals surface area contributed by atoms with Gasteiger partial charge in [0.25, 0.3) is 11.5 Å². The first kappa shape index (κ1) is 20.9. The molecular formula is C23H17Cl2N3O3. The number of carbonyl (C=O) groups is 1. The van der Waals surface area contributed by atoms with Crippen LogP contribution in [0.1, 0.15) is 5.56 Å². The van der Waals surface area contributed by atoms with Crippen LogP contribution in [0.4, 0.5) is 0 Å². The lowest BCUT2D eigenvalue weighted by Crippen LogP contribution is -2.37. The minimum atomic E-state index is -0.542. The molecule has 0 aliphatic heterocycles. The summed E-state index contributed by atoms with van der Waals surface area (Å²) in [5.74, 6) is 0.0912. The van der Waals surface area contributed by atoms with E-state index in [0.29, 0.717) is 33.1 Å². The zero-order chi connectivity index (χ0) is 22.0. The van der Waals surface area contributed by atoms with Gasteiger partial charge >= 0.3 is 0 Å². The molecule has 0 aliphatic carbocycles. The van der Waals surface area contributed by atoms with Crippen molar-refractivity contribution in [3.8, 4) is 17.1 Å². The summed E-state index contributed by atoms with van der Waals surface area (Å²) in [6.45, 7) is 1.59. The van der Waals surface area contributed by atoms with Crippen LogP contribution in [0.25, 0.3) is 22.3 Å². The molecule has 0 radical (unpaired) electrons. The number of para-hydroxylation sites is 1. The third-order valence-corrected chi connectivity index (χ3v) is 5.07. The van der Waals surface area contributed by atoms with Crippen molar-refractivity contribution in [3.05, 3.63) is 92.7 Å². The van der Waals surface area contributed by atoms with Gasteiger partial charge in [-0.2, -0.15) is 4.68 Å². The van der Waals surface area contributed by atoms with E-state index < -0.39 is 5.91 Å². The van der Waals surface area contributed by atoms with E-state index in [0.717, 1.165) is 10.2 Å². The highest BCUT2D eigenvalue weighted by Crippen LogP contribution is 2.27. The molecular weight excluding hydrogens is 437 g/mol. The fourth-order valence-corrected chi connectivity index (χ4v) is 3.57. The number of rotatable bonds is 5. The number of hydrogen-bond donors (Lipinski definition) is 1. The van der Waals surface area contributed by atoms with Gasteiger partial charge in [-0.05, 0) is 43.3 Å². The second kappa shape index (κ2) is 8.79. The van der Waals surface area contributed by atoms with Crippen molar-refractivity contribution in [2.24, 2.45) is 0 Å². The lowest BCUT2D eigenvalue weighted by atomic mass is 10.1. The maximum absolute atomic E-state index is 13.1. The summed E-state index contributed by atoms with van der Waals surface area (Å²) in [6.07, 6.45) is 0. The molecule has 1 N–H and O–H groups in total. The van der Waals surface area contributed by atoms with Crippen LogP contribution in [-0.4, -0.2) is 22.2 Å². The Kier molecular flexibility index (Phi) is 5.93. The van der Waals surface area contributed by atoms with Crippen LogP contribution in [-0.2, 0) is 4.79 Å². The van der Waals surface area contributed by atoms with Crippen molar-refractivity contribution in [3.63, 3.8) is 0 Å². The molecule has 1 amide bonds. The Balaban J connectivity index is 1.68. The second-order valence-electron chi connectivity index (χ2n) is 6.86. The Morgan fingerprint density at radius 1 is 1.06 bits per heavy atom. The molecule has 31 heavy (non-hydrogen) atoms. The summed E-state index contributed by atoms with van der Waals surface area (Å²) < 4.78 is 6.62. The van der Waals surface area contributed by atoms with Crippen molar-refractivity contribution in [2.45, 2.75) is 6.92 Å². The molecule has 4 aromatic rings. The first-order chi connectivity index (χ1) is 14.9. The largest absolute Gasteiger partial charge is 0.482 e. The van der Waals surface area contributed by atoms with Gasteiger partial charge in [0, 0.05) is 10.6 Å². The van der Waals surface area contributed by atoms with E-state index in [1.54, 1.807) is 36.4 Å². The summed E-state index contributed by atoms with van der Waals surface area (Å²) in [5, 5.41) is 1.13. The van der Waals surface area contributed by atoms with Crippen molar-refractivity contribution in [1.82, 2.24) is 9.66 Å². The number of ether oxygens (including phenoxy) is 1. The van der Waals surface area contributed by atoms with Crippen molar-refractivity contribution < 1.29 is 9.53 Å². The van der Waals surface area contributed by atoms with E-state index in [9.17, 15) is 9.59 Å². The molecule has 0 bridgehead atoms. The lowest BCUT2D eigenvalue weighted by molar-refractivity contribution is -0.119. The molecule has 1 aromatic heterocycles. The molecule has 0 aliphatic rings. The number of aryl methyl sites for hydroxylation is 1. The number of fused-ring (bicyclic) bond motifs is 1. The smallest absolute Gasteiger partial charge is 0.280 e. The van der Waals surface area contributed by atoms with E-state index >= 15 is 0 Å². The monoisotopic (exact) mass is 453 g/mol. The number of benzene rings is 3. The van der Waals surface area contributed by atoms with Crippen LogP contribution in [0, 0.1) is 6.92 Å². The lowest BCUT2D eigenvalue weighted by Gasteiger charge is -2.15. The predicted octanol–water partition coefficient (Wildman–Crippen LogP) is 4.83. The SMILES string of the molecule is Cc1cccc(-c2nc3ccccc3c(=O)n2NC(=O)COc2ccc(Cl)cc2Cl)c1. The quantitative estimate of drug-likeness (QED) is 0.469. The molecule has 4 rings (SSSR count). The van der Waals surface area contributed by atoms with Gasteiger partial charge in [0.05, 0.1) is 15.9 Å². The molecule has 156 valence electrons. The third-order valence-electron chi connectivity index (χ3n) is 4.54. The molecule has 0 spiro atoms. The van der Waals surface area contributed by atoms with Crippen LogP contribution in [0.2, 0.25) is 10.0 Å². The number of amides is 1. The maximum Gasteiger partial charge on any atom is 0.280 e. The van der Waals surface area contributed by atoms with Crippen LogP contribution in [0.15, 0.2) is 71.5 Å². The molecule has 0 saturated carbocycles. The summed E-state index contributed by atoms with van der Waals surface area (Å²) >= 11 is 12.0. The normalized spacial score (nSPS) is 10.8. The molecule has 6 nitrogen and oxygen atoms in total. The van der Waals surface area contributed by atoms with E-state index in [2.05, 4.69) is 10.4 Å². The zero-order valence-electron chi connectivity index (χ0n) is 16.4. The van der Waals surface area contributed by atoms with Gasteiger partial charge in [-0.15, -0.1) is 0 Å². The first-order valence-electron chi connectivity index (χ1n) is 9.39. The molecule has 8 heteroatoms. The summed E-state index contributed by atoms with van der Waals surface area (Å²) in [7, 11) is 0. The highest BCUT2D eigenvalue weighted by molar-refractivity contribution is 6.35. The van der Waals surface area contributed by atoms with Crippen LogP contribution in [0.5, 0.6) is 5.75 Å². The standard InChI is InChI=1S/C23H17Cl2N3O3/c1-14-5-4-6-15(11-14)22-26-19-8-3-2-7-17(19)23(30)28(22)27-21(29)13-31-20-10-9-16(24)12-18(20)25/h2-12H,13H2,1H3,(H,27,29). The minimum Gasteiger partial charge on any atom is -0.482 e. The molecule has 0 saturated heterocycles. The van der Waals surface area contributed by atoms with Crippen molar-refractivity contribution in [2.75, 3.05) is 12.0 Å². The van der Waals surface area contributed by atoms with Gasteiger partial charge in [-0.1, -0.05) is 59.1 Å². The van der Waals surface area contributed by atoms with Gasteiger partial charge in [0.1, 0.15) is 5.75 Å². The number of halogens is 2. The Bertz CT molecular complexity index is 1350. The number of aromatic nitrogens is 2. The Hall–Kier alpha value is -3.35.